The largest absolute Gasteiger partial charge is 0.273 e. The fraction of sp³-hybridized carbons (Fsp3) is 0.231. The monoisotopic (exact) mass is 215 g/mol. The molecule has 2 rings (SSSR count). The zero-order valence-electron chi connectivity index (χ0n) is 9.14. The van der Waals surface area contributed by atoms with E-state index in [1.165, 1.54) is 0 Å². The molecule has 0 aliphatic heterocycles. The lowest BCUT2D eigenvalue weighted by atomic mass is 9.99. The maximum absolute atomic E-state index is 10.9. The highest BCUT2D eigenvalue weighted by atomic mass is 16.6. The van der Waals surface area contributed by atoms with E-state index in [9.17, 15) is 10.1 Å². The molecular weight excluding hydrogens is 202 g/mol. The van der Waals surface area contributed by atoms with Crippen molar-refractivity contribution in [1.82, 2.24) is 0 Å². The zero-order chi connectivity index (χ0) is 11.5. The van der Waals surface area contributed by atoms with Crippen molar-refractivity contribution < 1.29 is 4.92 Å². The normalized spacial score (nSPS) is 10.6. The first-order chi connectivity index (χ1) is 7.74. The average Bonchev–Trinajstić information content (AvgIpc) is 2.29. The van der Waals surface area contributed by atoms with Crippen LogP contribution in [0.2, 0.25) is 0 Å². The van der Waals surface area contributed by atoms with E-state index in [2.05, 4.69) is 0 Å². The molecule has 0 radical (unpaired) electrons. The fourth-order valence-electron chi connectivity index (χ4n) is 2.01. The summed E-state index contributed by atoms with van der Waals surface area (Å²) in [5.41, 5.74) is 1.09. The minimum absolute atomic E-state index is 0.237. The number of nitro benzene ring substituents is 1. The SMILES string of the molecule is CCCc1c([N+](=O)[O-])ccc2ccccc12. The summed E-state index contributed by atoms with van der Waals surface area (Å²) < 4.78 is 0. The molecule has 3 nitrogen and oxygen atoms in total. The molecule has 0 N–H and O–H groups in total. The Labute approximate surface area is 93.9 Å². The maximum Gasteiger partial charge on any atom is 0.273 e. The van der Waals surface area contributed by atoms with Gasteiger partial charge in [-0.15, -0.1) is 0 Å². The number of rotatable bonds is 3. The first-order valence-corrected chi connectivity index (χ1v) is 5.39. The molecule has 16 heavy (non-hydrogen) atoms. The van der Waals surface area contributed by atoms with Gasteiger partial charge < -0.3 is 0 Å². The van der Waals surface area contributed by atoms with E-state index >= 15 is 0 Å². The Morgan fingerprint density at radius 1 is 1.19 bits per heavy atom. The lowest BCUT2D eigenvalue weighted by molar-refractivity contribution is -0.385. The van der Waals surface area contributed by atoms with Crippen LogP contribution in [0.3, 0.4) is 0 Å². The van der Waals surface area contributed by atoms with Crippen molar-refractivity contribution >= 4 is 16.5 Å². The third-order valence-electron chi connectivity index (χ3n) is 2.71. The smallest absolute Gasteiger partial charge is 0.258 e. The van der Waals surface area contributed by atoms with Crippen LogP contribution >= 0.6 is 0 Å². The van der Waals surface area contributed by atoms with Gasteiger partial charge >= 0.3 is 0 Å². The van der Waals surface area contributed by atoms with Crippen molar-refractivity contribution in [3.63, 3.8) is 0 Å². The molecule has 3 heteroatoms. The van der Waals surface area contributed by atoms with Crippen LogP contribution in [0.5, 0.6) is 0 Å². The van der Waals surface area contributed by atoms with E-state index in [4.69, 9.17) is 0 Å². The van der Waals surface area contributed by atoms with Gasteiger partial charge in [0.25, 0.3) is 5.69 Å². The Morgan fingerprint density at radius 3 is 2.62 bits per heavy atom. The molecular formula is C13H13NO2. The van der Waals surface area contributed by atoms with Crippen molar-refractivity contribution in [1.29, 1.82) is 0 Å². The molecule has 0 fully saturated rings. The number of hydrogen-bond acceptors (Lipinski definition) is 2. The third-order valence-corrected chi connectivity index (χ3v) is 2.71. The summed E-state index contributed by atoms with van der Waals surface area (Å²) in [7, 11) is 0. The van der Waals surface area contributed by atoms with Gasteiger partial charge in [-0.05, 0) is 23.3 Å². The Kier molecular flexibility index (Phi) is 2.86. The fourth-order valence-corrected chi connectivity index (χ4v) is 2.01. The lowest BCUT2D eigenvalue weighted by Crippen LogP contribution is -1.96. The molecule has 0 unspecified atom stereocenters. The summed E-state index contributed by atoms with van der Waals surface area (Å²) >= 11 is 0. The number of benzene rings is 2. The van der Waals surface area contributed by atoms with E-state index in [0.717, 1.165) is 29.2 Å². The molecule has 0 aromatic heterocycles. The molecule has 0 atom stereocenters. The highest BCUT2D eigenvalue weighted by Crippen LogP contribution is 2.28. The van der Waals surface area contributed by atoms with E-state index in [1.807, 2.05) is 37.3 Å². The van der Waals surface area contributed by atoms with Crippen molar-refractivity contribution in [2.45, 2.75) is 19.8 Å². The summed E-state index contributed by atoms with van der Waals surface area (Å²) in [6.45, 7) is 2.03. The van der Waals surface area contributed by atoms with Gasteiger partial charge in [0, 0.05) is 11.6 Å². The van der Waals surface area contributed by atoms with E-state index in [0.29, 0.717) is 0 Å². The summed E-state index contributed by atoms with van der Waals surface area (Å²) in [5.74, 6) is 0. The van der Waals surface area contributed by atoms with E-state index < -0.39 is 0 Å². The van der Waals surface area contributed by atoms with Crippen LogP contribution in [0.15, 0.2) is 36.4 Å². The minimum atomic E-state index is -0.294. The Bertz CT molecular complexity index is 534. The molecule has 0 aliphatic carbocycles. The predicted molar refractivity (Wildman–Crippen MR) is 64.6 cm³/mol. The molecule has 82 valence electrons. The van der Waals surface area contributed by atoms with Crippen LogP contribution in [0, 0.1) is 10.1 Å². The first-order valence-electron chi connectivity index (χ1n) is 5.39. The Hall–Kier alpha value is -1.90. The van der Waals surface area contributed by atoms with Crippen LogP contribution in [-0.4, -0.2) is 4.92 Å². The topological polar surface area (TPSA) is 43.1 Å². The van der Waals surface area contributed by atoms with Crippen LogP contribution in [0.25, 0.3) is 10.8 Å². The van der Waals surface area contributed by atoms with Gasteiger partial charge in [0.2, 0.25) is 0 Å². The van der Waals surface area contributed by atoms with Gasteiger partial charge in [-0.25, -0.2) is 0 Å². The number of fused-ring (bicyclic) bond motifs is 1. The standard InChI is InChI=1S/C13H13NO2/c1-2-5-12-11-7-4-3-6-10(11)8-9-13(12)14(15)16/h3-4,6-9H,2,5H2,1H3. The third kappa shape index (κ3) is 1.76. The Morgan fingerprint density at radius 2 is 1.94 bits per heavy atom. The molecule has 2 aromatic carbocycles. The van der Waals surface area contributed by atoms with Gasteiger partial charge in [0.1, 0.15) is 0 Å². The number of hydrogen-bond donors (Lipinski definition) is 0. The number of aryl methyl sites for hydroxylation is 1. The highest BCUT2D eigenvalue weighted by Gasteiger charge is 2.15. The summed E-state index contributed by atoms with van der Waals surface area (Å²) in [5, 5.41) is 13.0. The van der Waals surface area contributed by atoms with E-state index in [-0.39, 0.29) is 10.6 Å². The Balaban J connectivity index is 2.73. The molecule has 0 aliphatic rings. The number of nitro groups is 1. The zero-order valence-corrected chi connectivity index (χ0v) is 9.14. The number of nitrogens with zero attached hydrogens (tertiary/aromatic N) is 1. The van der Waals surface area contributed by atoms with Crippen molar-refractivity contribution in [2.24, 2.45) is 0 Å². The van der Waals surface area contributed by atoms with Gasteiger partial charge in [-0.3, -0.25) is 10.1 Å². The molecule has 0 spiro atoms. The van der Waals surface area contributed by atoms with Gasteiger partial charge in [0.05, 0.1) is 4.92 Å². The quantitative estimate of drug-likeness (QED) is 0.578. The van der Waals surface area contributed by atoms with E-state index in [1.54, 1.807) is 6.07 Å². The minimum Gasteiger partial charge on any atom is -0.258 e. The maximum atomic E-state index is 10.9. The van der Waals surface area contributed by atoms with Crippen LogP contribution in [0.1, 0.15) is 18.9 Å². The van der Waals surface area contributed by atoms with Crippen LogP contribution < -0.4 is 0 Å². The van der Waals surface area contributed by atoms with Crippen LogP contribution in [-0.2, 0) is 6.42 Å². The van der Waals surface area contributed by atoms with Gasteiger partial charge in [-0.2, -0.15) is 0 Å². The molecule has 0 saturated heterocycles. The van der Waals surface area contributed by atoms with Crippen molar-refractivity contribution in [3.05, 3.63) is 52.1 Å². The van der Waals surface area contributed by atoms with Crippen molar-refractivity contribution in [3.8, 4) is 0 Å². The molecule has 0 bridgehead atoms. The average molecular weight is 215 g/mol. The molecule has 0 heterocycles. The van der Waals surface area contributed by atoms with Gasteiger partial charge in [0.15, 0.2) is 0 Å². The second-order valence-corrected chi connectivity index (χ2v) is 3.79. The summed E-state index contributed by atoms with van der Waals surface area (Å²) in [6, 6.07) is 11.2. The molecule has 0 saturated carbocycles. The van der Waals surface area contributed by atoms with Gasteiger partial charge in [-0.1, -0.05) is 37.6 Å². The van der Waals surface area contributed by atoms with Crippen molar-refractivity contribution in [2.75, 3.05) is 0 Å². The molecule has 2 aromatic rings. The second-order valence-electron chi connectivity index (χ2n) is 3.79. The summed E-state index contributed by atoms with van der Waals surface area (Å²) in [4.78, 5) is 10.7. The highest BCUT2D eigenvalue weighted by molar-refractivity contribution is 5.88. The molecule has 0 amide bonds. The van der Waals surface area contributed by atoms with Crippen LogP contribution in [0.4, 0.5) is 5.69 Å². The predicted octanol–water partition coefficient (Wildman–Crippen LogP) is 3.70. The first kappa shape index (κ1) is 10.6. The lowest BCUT2D eigenvalue weighted by Gasteiger charge is -2.06. The summed E-state index contributed by atoms with van der Waals surface area (Å²) in [6.07, 6.45) is 1.66. The second kappa shape index (κ2) is 4.31.